The van der Waals surface area contributed by atoms with Gasteiger partial charge in [-0.1, -0.05) is 37.6 Å². The molecule has 1 saturated heterocycles. The van der Waals surface area contributed by atoms with E-state index in [1.807, 2.05) is 31.2 Å². The summed E-state index contributed by atoms with van der Waals surface area (Å²) in [5.74, 6) is 0.467. The molecule has 110 valence electrons. The molecule has 1 amide bonds. The summed E-state index contributed by atoms with van der Waals surface area (Å²) in [6.07, 6.45) is 0.902. The van der Waals surface area contributed by atoms with Gasteiger partial charge in [0, 0.05) is 11.6 Å². The lowest BCUT2D eigenvalue weighted by atomic mass is 9.75. The van der Waals surface area contributed by atoms with E-state index in [4.69, 9.17) is 11.6 Å². The first kappa shape index (κ1) is 15.3. The molecule has 2 atom stereocenters. The van der Waals surface area contributed by atoms with Crippen LogP contribution in [0.15, 0.2) is 24.3 Å². The average Bonchev–Trinajstić information content (AvgIpc) is 2.89. The number of benzene rings is 1. The lowest BCUT2D eigenvalue weighted by Crippen LogP contribution is -2.46. The zero-order valence-corrected chi connectivity index (χ0v) is 13.1. The fourth-order valence-electron chi connectivity index (χ4n) is 2.86. The Hall–Kier alpha value is -1.06. The second-order valence-corrected chi connectivity index (χ2v) is 6.42. The van der Waals surface area contributed by atoms with Gasteiger partial charge >= 0.3 is 0 Å². The minimum absolute atomic E-state index is 0.0302. The van der Waals surface area contributed by atoms with Crippen LogP contribution in [0.5, 0.6) is 0 Å². The standard InChI is InChI=1S/C16H23ClN2O/c1-11(2)16(7-8-18-10-16)15(20)19-12(3)13-5-4-6-14(17)9-13/h4-6,9,11-12,18H,7-8,10H2,1-3H3,(H,19,20)/t12-,16?/m1/s1. The van der Waals surface area contributed by atoms with Crippen molar-refractivity contribution < 1.29 is 4.79 Å². The van der Waals surface area contributed by atoms with Gasteiger partial charge in [0.25, 0.3) is 0 Å². The van der Waals surface area contributed by atoms with Gasteiger partial charge in [-0.3, -0.25) is 4.79 Å². The van der Waals surface area contributed by atoms with E-state index in [0.29, 0.717) is 10.9 Å². The van der Waals surface area contributed by atoms with E-state index in [2.05, 4.69) is 24.5 Å². The molecule has 0 saturated carbocycles. The Labute approximate surface area is 126 Å². The molecule has 1 aromatic rings. The molecule has 1 aliphatic rings. The fraction of sp³-hybridized carbons (Fsp3) is 0.562. The van der Waals surface area contributed by atoms with Gasteiger partial charge in [-0.2, -0.15) is 0 Å². The van der Waals surface area contributed by atoms with Crippen molar-refractivity contribution >= 4 is 17.5 Å². The van der Waals surface area contributed by atoms with E-state index in [1.165, 1.54) is 0 Å². The number of hydrogen-bond acceptors (Lipinski definition) is 2. The Bertz CT molecular complexity index is 481. The largest absolute Gasteiger partial charge is 0.349 e. The van der Waals surface area contributed by atoms with E-state index >= 15 is 0 Å². The maximum atomic E-state index is 12.7. The van der Waals surface area contributed by atoms with Crippen LogP contribution in [0.2, 0.25) is 5.02 Å². The van der Waals surface area contributed by atoms with Gasteiger partial charge in [-0.05, 0) is 43.5 Å². The third-order valence-corrected chi connectivity index (χ3v) is 4.68. The minimum atomic E-state index is -0.285. The predicted molar refractivity (Wildman–Crippen MR) is 82.8 cm³/mol. The molecule has 3 nitrogen and oxygen atoms in total. The van der Waals surface area contributed by atoms with Gasteiger partial charge in [0.2, 0.25) is 5.91 Å². The lowest BCUT2D eigenvalue weighted by Gasteiger charge is -2.32. The van der Waals surface area contributed by atoms with Crippen LogP contribution in [0.4, 0.5) is 0 Å². The number of rotatable bonds is 4. The van der Waals surface area contributed by atoms with Gasteiger partial charge in [0.05, 0.1) is 11.5 Å². The second-order valence-electron chi connectivity index (χ2n) is 5.99. The van der Waals surface area contributed by atoms with Crippen LogP contribution >= 0.6 is 11.6 Å². The quantitative estimate of drug-likeness (QED) is 0.896. The molecule has 0 aromatic heterocycles. The van der Waals surface area contributed by atoms with Gasteiger partial charge in [0.1, 0.15) is 0 Å². The summed E-state index contributed by atoms with van der Waals surface area (Å²) in [6.45, 7) is 7.92. The van der Waals surface area contributed by atoms with Gasteiger partial charge in [-0.15, -0.1) is 0 Å². The maximum Gasteiger partial charge on any atom is 0.228 e. The highest BCUT2D eigenvalue weighted by atomic mass is 35.5. The van der Waals surface area contributed by atoms with Crippen LogP contribution < -0.4 is 10.6 Å². The van der Waals surface area contributed by atoms with Crippen molar-refractivity contribution in [3.8, 4) is 0 Å². The third-order valence-electron chi connectivity index (χ3n) is 4.44. The van der Waals surface area contributed by atoms with Crippen molar-refractivity contribution in [3.63, 3.8) is 0 Å². The molecule has 0 bridgehead atoms. The summed E-state index contributed by atoms with van der Waals surface area (Å²) < 4.78 is 0. The van der Waals surface area contributed by atoms with E-state index in [1.54, 1.807) is 0 Å². The number of halogens is 1. The summed E-state index contributed by atoms with van der Waals surface area (Å²) >= 11 is 6.01. The van der Waals surface area contributed by atoms with Crippen LogP contribution in [0.3, 0.4) is 0 Å². The molecule has 2 N–H and O–H groups in total. The van der Waals surface area contributed by atoms with E-state index in [9.17, 15) is 4.79 Å². The number of amides is 1. The molecule has 4 heteroatoms. The molecule has 0 radical (unpaired) electrons. The first-order valence-electron chi connectivity index (χ1n) is 7.23. The zero-order chi connectivity index (χ0) is 14.8. The van der Waals surface area contributed by atoms with Gasteiger partial charge < -0.3 is 10.6 Å². The highest BCUT2D eigenvalue weighted by Gasteiger charge is 2.44. The smallest absolute Gasteiger partial charge is 0.228 e. The minimum Gasteiger partial charge on any atom is -0.349 e. The van der Waals surface area contributed by atoms with Crippen molar-refractivity contribution in [1.29, 1.82) is 0 Å². The van der Waals surface area contributed by atoms with Crippen LogP contribution in [0, 0.1) is 11.3 Å². The monoisotopic (exact) mass is 294 g/mol. The van der Waals surface area contributed by atoms with Gasteiger partial charge in [-0.25, -0.2) is 0 Å². The number of nitrogens with one attached hydrogen (secondary N) is 2. The Morgan fingerprint density at radius 1 is 1.40 bits per heavy atom. The topological polar surface area (TPSA) is 41.1 Å². The number of carbonyl (C=O) groups is 1. The molecule has 2 rings (SSSR count). The average molecular weight is 295 g/mol. The third kappa shape index (κ3) is 2.99. The van der Waals surface area contributed by atoms with E-state index < -0.39 is 0 Å². The Morgan fingerprint density at radius 3 is 2.70 bits per heavy atom. The molecule has 20 heavy (non-hydrogen) atoms. The van der Waals surface area contributed by atoms with Crippen molar-refractivity contribution in [2.45, 2.75) is 33.2 Å². The molecule has 1 fully saturated rings. The maximum absolute atomic E-state index is 12.7. The van der Waals surface area contributed by atoms with Crippen molar-refractivity contribution in [2.75, 3.05) is 13.1 Å². The van der Waals surface area contributed by atoms with E-state index in [-0.39, 0.29) is 17.4 Å². The molecule has 1 aliphatic heterocycles. The summed E-state index contributed by atoms with van der Waals surface area (Å²) in [6, 6.07) is 7.62. The fourth-order valence-corrected chi connectivity index (χ4v) is 3.06. The number of carbonyl (C=O) groups excluding carboxylic acids is 1. The highest BCUT2D eigenvalue weighted by molar-refractivity contribution is 6.30. The lowest BCUT2D eigenvalue weighted by molar-refractivity contribution is -0.133. The molecule has 0 spiro atoms. The zero-order valence-electron chi connectivity index (χ0n) is 12.4. The summed E-state index contributed by atoms with van der Waals surface area (Å²) in [7, 11) is 0. The van der Waals surface area contributed by atoms with E-state index in [0.717, 1.165) is 25.1 Å². The molecular weight excluding hydrogens is 272 g/mol. The predicted octanol–water partition coefficient (Wildman–Crippen LogP) is 3.15. The Morgan fingerprint density at radius 2 is 2.15 bits per heavy atom. The summed E-state index contributed by atoms with van der Waals surface area (Å²) in [5.41, 5.74) is 0.753. The molecular formula is C16H23ClN2O. The molecule has 1 unspecified atom stereocenters. The Balaban J connectivity index is 2.10. The molecule has 1 aromatic carbocycles. The van der Waals surface area contributed by atoms with Crippen molar-refractivity contribution in [3.05, 3.63) is 34.9 Å². The molecule has 0 aliphatic carbocycles. The van der Waals surface area contributed by atoms with Crippen LogP contribution in [-0.2, 0) is 4.79 Å². The first-order valence-corrected chi connectivity index (χ1v) is 7.60. The highest BCUT2D eigenvalue weighted by Crippen LogP contribution is 2.35. The molecule has 1 heterocycles. The van der Waals surface area contributed by atoms with Gasteiger partial charge in [0.15, 0.2) is 0 Å². The Kier molecular flexibility index (Phi) is 4.71. The van der Waals surface area contributed by atoms with Crippen molar-refractivity contribution in [1.82, 2.24) is 10.6 Å². The first-order chi connectivity index (χ1) is 9.45. The summed E-state index contributed by atoms with van der Waals surface area (Å²) in [4.78, 5) is 12.7. The SMILES string of the molecule is CC(C)C1(C(=O)N[C@H](C)c2cccc(Cl)c2)CCNC1. The number of hydrogen-bond donors (Lipinski definition) is 2. The van der Waals surface area contributed by atoms with Crippen molar-refractivity contribution in [2.24, 2.45) is 11.3 Å². The second kappa shape index (κ2) is 6.15. The van der Waals surface area contributed by atoms with Crippen LogP contribution in [-0.4, -0.2) is 19.0 Å². The van der Waals surface area contributed by atoms with Crippen LogP contribution in [0.25, 0.3) is 0 Å². The summed E-state index contributed by atoms with van der Waals surface area (Å²) in [5, 5.41) is 7.16. The normalized spacial score (nSPS) is 23.9. The van der Waals surface area contributed by atoms with Crippen LogP contribution in [0.1, 0.15) is 38.8 Å².